The first-order valence-electron chi connectivity index (χ1n) is 12.9. The van der Waals surface area contributed by atoms with Crippen LogP contribution in [0.4, 0.5) is 23.2 Å². The second-order valence-corrected chi connectivity index (χ2v) is 10.2. The van der Waals surface area contributed by atoms with Crippen molar-refractivity contribution in [3.8, 4) is 11.1 Å². The van der Waals surface area contributed by atoms with E-state index in [9.17, 15) is 27.9 Å². The molecule has 2 aromatic carbocycles. The van der Waals surface area contributed by atoms with Crippen molar-refractivity contribution in [2.75, 3.05) is 5.32 Å². The first-order valence-corrected chi connectivity index (χ1v) is 12.9. The minimum Gasteiger partial charge on any atom is -0.481 e. The van der Waals surface area contributed by atoms with E-state index in [0.717, 1.165) is 42.9 Å². The van der Waals surface area contributed by atoms with Crippen molar-refractivity contribution in [3.63, 3.8) is 0 Å². The van der Waals surface area contributed by atoms with E-state index in [4.69, 9.17) is 0 Å². The molecule has 39 heavy (non-hydrogen) atoms. The standard InChI is InChI=1S/C30H30F4N2O3/c1-17(12-27(37)38)23-8-5-9-26(18(23)2)36-29(39)28(19-6-3-4-7-19)20-10-11-24(25(31)14-20)21-13-22(16-35-15-21)30(32,33)34/h5,8-11,13-17,19,28H,3-4,6-7,12H2,1-2H3,(H,36,39)(H,37,38)/t17-,28+/m0/s1. The third-order valence-corrected chi connectivity index (χ3v) is 7.53. The van der Waals surface area contributed by atoms with Gasteiger partial charge in [-0.2, -0.15) is 13.2 Å². The minimum atomic E-state index is -4.61. The number of carboxylic acids is 1. The number of amides is 1. The molecular weight excluding hydrogens is 512 g/mol. The maximum atomic E-state index is 15.3. The van der Waals surface area contributed by atoms with Gasteiger partial charge in [0.25, 0.3) is 0 Å². The van der Waals surface area contributed by atoms with Gasteiger partial charge in [-0.05, 0) is 66.5 Å². The van der Waals surface area contributed by atoms with E-state index in [0.29, 0.717) is 17.4 Å². The molecular formula is C30H30F4N2O3. The molecule has 0 saturated heterocycles. The number of hydrogen-bond acceptors (Lipinski definition) is 3. The molecule has 1 aliphatic carbocycles. The van der Waals surface area contributed by atoms with Crippen LogP contribution in [-0.4, -0.2) is 22.0 Å². The number of aliphatic carboxylic acids is 1. The maximum Gasteiger partial charge on any atom is 0.417 e. The summed E-state index contributed by atoms with van der Waals surface area (Å²) >= 11 is 0. The summed E-state index contributed by atoms with van der Waals surface area (Å²) in [6.45, 7) is 3.64. The highest BCUT2D eigenvalue weighted by atomic mass is 19.4. The molecule has 4 rings (SSSR count). The number of nitrogens with one attached hydrogen (secondary N) is 1. The first-order chi connectivity index (χ1) is 18.5. The molecule has 2 N–H and O–H groups in total. The molecule has 5 nitrogen and oxygen atoms in total. The number of nitrogens with zero attached hydrogens (tertiary/aromatic N) is 1. The number of aromatic nitrogens is 1. The van der Waals surface area contributed by atoms with Gasteiger partial charge in [0.1, 0.15) is 5.82 Å². The van der Waals surface area contributed by atoms with Crippen LogP contribution in [0.5, 0.6) is 0 Å². The summed E-state index contributed by atoms with van der Waals surface area (Å²) in [5.74, 6) is -2.87. The maximum absolute atomic E-state index is 15.3. The van der Waals surface area contributed by atoms with Gasteiger partial charge in [0.2, 0.25) is 5.91 Å². The van der Waals surface area contributed by atoms with Gasteiger partial charge < -0.3 is 10.4 Å². The third kappa shape index (κ3) is 6.46. The minimum absolute atomic E-state index is 0.00124. The summed E-state index contributed by atoms with van der Waals surface area (Å²) in [6, 6.07) is 10.4. The number of hydrogen-bond donors (Lipinski definition) is 2. The second-order valence-electron chi connectivity index (χ2n) is 10.2. The summed E-state index contributed by atoms with van der Waals surface area (Å²) < 4.78 is 54.8. The third-order valence-electron chi connectivity index (χ3n) is 7.53. The van der Waals surface area contributed by atoms with Crippen LogP contribution in [0, 0.1) is 18.7 Å². The Balaban J connectivity index is 1.64. The predicted octanol–water partition coefficient (Wildman–Crippen LogP) is 7.71. The zero-order valence-electron chi connectivity index (χ0n) is 21.7. The molecule has 3 aromatic rings. The lowest BCUT2D eigenvalue weighted by atomic mass is 9.83. The van der Waals surface area contributed by atoms with Crippen LogP contribution >= 0.6 is 0 Å². The average molecular weight is 543 g/mol. The monoisotopic (exact) mass is 542 g/mol. The van der Waals surface area contributed by atoms with E-state index in [1.165, 1.54) is 18.3 Å². The molecule has 9 heteroatoms. The summed E-state index contributed by atoms with van der Waals surface area (Å²) in [5.41, 5.74) is 1.60. The van der Waals surface area contributed by atoms with E-state index in [1.54, 1.807) is 18.2 Å². The SMILES string of the molecule is Cc1c(NC(=O)[C@@H](c2ccc(-c3cncc(C(F)(F)F)c3)c(F)c2)C2CCCC2)cccc1[C@@H](C)CC(=O)O. The Bertz CT molecular complexity index is 1370. The van der Waals surface area contributed by atoms with E-state index >= 15 is 4.39 Å². The highest BCUT2D eigenvalue weighted by Crippen LogP contribution is 2.40. The Morgan fingerprint density at radius 2 is 1.82 bits per heavy atom. The van der Waals surface area contributed by atoms with E-state index in [2.05, 4.69) is 10.3 Å². The van der Waals surface area contributed by atoms with Crippen molar-refractivity contribution < 1.29 is 32.3 Å². The Labute approximate surface area is 224 Å². The molecule has 1 fully saturated rings. The van der Waals surface area contributed by atoms with Gasteiger partial charge in [-0.3, -0.25) is 14.6 Å². The van der Waals surface area contributed by atoms with Crippen molar-refractivity contribution in [1.82, 2.24) is 4.98 Å². The number of pyridine rings is 1. The van der Waals surface area contributed by atoms with Gasteiger partial charge in [-0.15, -0.1) is 0 Å². The number of rotatable bonds is 8. The van der Waals surface area contributed by atoms with Crippen LogP contribution in [0.25, 0.3) is 11.1 Å². The molecule has 1 aliphatic rings. The molecule has 2 atom stereocenters. The Morgan fingerprint density at radius 3 is 2.46 bits per heavy atom. The molecule has 0 radical (unpaired) electrons. The molecule has 0 unspecified atom stereocenters. The topological polar surface area (TPSA) is 79.3 Å². The molecule has 1 aromatic heterocycles. The fraction of sp³-hybridized carbons (Fsp3) is 0.367. The summed E-state index contributed by atoms with van der Waals surface area (Å²) in [4.78, 5) is 28.5. The van der Waals surface area contributed by atoms with Crippen molar-refractivity contribution in [1.29, 1.82) is 0 Å². The Hall–Kier alpha value is -3.75. The molecule has 1 amide bonds. The molecule has 0 spiro atoms. The lowest BCUT2D eigenvalue weighted by Gasteiger charge is -2.25. The van der Waals surface area contributed by atoms with Crippen LogP contribution in [0.1, 0.15) is 73.1 Å². The van der Waals surface area contributed by atoms with Crippen LogP contribution < -0.4 is 5.32 Å². The number of halogens is 4. The van der Waals surface area contributed by atoms with Gasteiger partial charge in [-0.25, -0.2) is 4.39 Å². The van der Waals surface area contributed by atoms with Crippen LogP contribution in [0.15, 0.2) is 54.9 Å². The summed E-state index contributed by atoms with van der Waals surface area (Å²) in [7, 11) is 0. The fourth-order valence-corrected chi connectivity index (χ4v) is 5.53. The number of carboxylic acid groups (broad SMARTS) is 1. The lowest BCUT2D eigenvalue weighted by molar-refractivity contribution is -0.138. The van der Waals surface area contributed by atoms with E-state index in [-0.39, 0.29) is 35.3 Å². The van der Waals surface area contributed by atoms with Gasteiger partial charge in [0, 0.05) is 29.2 Å². The normalized spacial score (nSPS) is 15.6. The summed E-state index contributed by atoms with van der Waals surface area (Å²) in [5, 5.41) is 12.2. The zero-order chi connectivity index (χ0) is 28.3. The number of benzene rings is 2. The smallest absolute Gasteiger partial charge is 0.417 e. The Kier molecular flexibility index (Phi) is 8.37. The summed E-state index contributed by atoms with van der Waals surface area (Å²) in [6.07, 6.45) is 0.715. The van der Waals surface area contributed by atoms with Gasteiger partial charge in [0.15, 0.2) is 0 Å². The van der Waals surface area contributed by atoms with Crippen molar-refractivity contribution >= 4 is 17.6 Å². The predicted molar refractivity (Wildman–Crippen MR) is 140 cm³/mol. The molecule has 0 bridgehead atoms. The molecule has 0 aliphatic heterocycles. The molecule has 1 saturated carbocycles. The number of anilines is 1. The average Bonchev–Trinajstić information content (AvgIpc) is 3.39. The quantitative estimate of drug-likeness (QED) is 0.286. The number of carbonyl (C=O) groups excluding carboxylic acids is 1. The Morgan fingerprint density at radius 1 is 1.10 bits per heavy atom. The molecule has 1 heterocycles. The van der Waals surface area contributed by atoms with Gasteiger partial charge in [0.05, 0.1) is 17.9 Å². The zero-order valence-corrected chi connectivity index (χ0v) is 21.7. The number of carbonyl (C=O) groups is 2. The largest absolute Gasteiger partial charge is 0.481 e. The van der Waals surface area contributed by atoms with Crippen LogP contribution in [0.3, 0.4) is 0 Å². The second kappa shape index (κ2) is 11.6. The van der Waals surface area contributed by atoms with E-state index in [1.807, 2.05) is 19.9 Å². The molecule has 206 valence electrons. The number of alkyl halides is 3. The van der Waals surface area contributed by atoms with Crippen LogP contribution in [-0.2, 0) is 15.8 Å². The van der Waals surface area contributed by atoms with Crippen molar-refractivity contribution in [2.45, 2.75) is 64.0 Å². The van der Waals surface area contributed by atoms with Crippen LogP contribution in [0.2, 0.25) is 0 Å². The highest BCUT2D eigenvalue weighted by molar-refractivity contribution is 5.97. The van der Waals surface area contributed by atoms with Crippen molar-refractivity contribution in [3.05, 3.63) is 82.9 Å². The first kappa shape index (κ1) is 28.3. The lowest BCUT2D eigenvalue weighted by Crippen LogP contribution is -2.27. The van der Waals surface area contributed by atoms with Gasteiger partial charge in [-0.1, -0.05) is 44.0 Å². The fourth-order valence-electron chi connectivity index (χ4n) is 5.53. The highest BCUT2D eigenvalue weighted by Gasteiger charge is 2.34. The van der Waals surface area contributed by atoms with Gasteiger partial charge >= 0.3 is 12.1 Å². The van der Waals surface area contributed by atoms with E-state index < -0.39 is 29.4 Å². The van der Waals surface area contributed by atoms with Crippen molar-refractivity contribution in [2.24, 2.45) is 5.92 Å².